The minimum absolute atomic E-state index is 0.0152. The molecule has 9 rings (SSSR count). The fourth-order valence-corrected chi connectivity index (χ4v) is 13.8. The maximum atomic E-state index is 13.1. The average molecular weight is 1300 g/mol. The Kier molecular flexibility index (Phi) is 25.0. The zero-order valence-electron chi connectivity index (χ0n) is 49.0. The van der Waals surface area contributed by atoms with E-state index in [0.29, 0.717) is 12.8 Å². The minimum atomic E-state index is -1.94. The molecule has 33 nitrogen and oxygen atoms in total. The highest BCUT2D eigenvalue weighted by Gasteiger charge is 2.56. The largest absolute Gasteiger partial charge is 0.460 e. The zero-order valence-corrected chi connectivity index (χ0v) is 49.0. The highest BCUT2D eigenvalue weighted by molar-refractivity contribution is 5.82. The number of rotatable bonds is 19. The standard InChI is InChI=1S/C57H90O33/c58-16-34-41(68)45(72)49(76)54(87-34)83-29-5-1-20(9-25(29)61)3-7-38(65)80-18-36-43(70)47(74)51(78)55(89-36)84-30-6-2-21(10-26(30)62)4-8-39(66)81-19-37-44(71)48(75)52(79)57(90-37)86-33-15-24-31(82-53(33)22-11-27(63)40(67)28(64)12-22)13-23(60)14-32(24)85-56-50(77)46(73)42(69)35(17-59)88-56/h3-4,7-8,20-37,40-64,67-79H,1-2,5-6,9-19H2/t20?,21?,22?,23?,24?,25?,26?,27?,28?,29?,30?,31?,32?,33?,34-,35-,36-,37-,40?,41-,42-,43-,44-,45+,46+,47+,48+,49-,50-,51-,52-,53?,54-,55-,56-,57-/m1/s1. The van der Waals surface area contributed by atoms with Crippen LogP contribution in [0, 0.1) is 23.7 Å². The van der Waals surface area contributed by atoms with Gasteiger partial charge in [-0.1, -0.05) is 12.2 Å². The van der Waals surface area contributed by atoms with Gasteiger partial charge in [-0.05, 0) is 82.0 Å². The van der Waals surface area contributed by atoms with Crippen molar-refractivity contribution in [3.05, 3.63) is 24.3 Å². The quantitative estimate of drug-likeness (QED) is 0.0422. The number of ether oxygens (including phenoxy) is 11. The Morgan fingerprint density at radius 3 is 1.14 bits per heavy atom. The van der Waals surface area contributed by atoms with Crippen LogP contribution in [0.3, 0.4) is 0 Å². The third-order valence-corrected chi connectivity index (χ3v) is 19.2. The topological polar surface area (TPSA) is 540 Å². The van der Waals surface area contributed by atoms with E-state index in [1.54, 1.807) is 0 Å². The first-order valence-corrected chi connectivity index (χ1v) is 30.8. The SMILES string of the molecule is O=C(C=CC1CCC(O[C@@H]2O[C@H](CO)[C@@H](O)[C@H](O)[C@H]2O)C(O)C1)OC[C@H]1O[C@@H](OC2CCC(C=CC(=O)OC[C@H]3O[C@@H](OC4CC5C(CC(O)CC5O[C@@H]5O[C@H](CO)[C@@H](O)[C@H](O)[C@H]5O)OC4C4CC(O)C(O)C(O)C4)[C@H](O)[C@@H](O)[C@@H]3O)CC2O)[C@H](O)[C@@H](O)[C@@H]1O. The van der Waals surface area contributed by atoms with Gasteiger partial charge < -0.3 is 154 Å². The summed E-state index contributed by atoms with van der Waals surface area (Å²) in [5.74, 6) is -4.04. The van der Waals surface area contributed by atoms with E-state index in [4.69, 9.17) is 52.1 Å². The van der Waals surface area contributed by atoms with Crippen LogP contribution in [0.1, 0.15) is 70.6 Å². The van der Waals surface area contributed by atoms with E-state index in [1.807, 2.05) is 0 Å². The summed E-state index contributed by atoms with van der Waals surface area (Å²) < 4.78 is 64.0. The molecule has 516 valence electrons. The zero-order chi connectivity index (χ0) is 65.2. The molecule has 33 heteroatoms. The number of hydrogen-bond donors (Lipinski definition) is 20. The van der Waals surface area contributed by atoms with Gasteiger partial charge in [0.25, 0.3) is 0 Å². The molecule has 20 N–H and O–H groups in total. The molecule has 9 aliphatic rings. The smallest absolute Gasteiger partial charge is 0.330 e. The van der Waals surface area contributed by atoms with Gasteiger partial charge in [0, 0.05) is 24.5 Å². The van der Waals surface area contributed by atoms with Crippen molar-refractivity contribution in [3.8, 4) is 0 Å². The summed E-state index contributed by atoms with van der Waals surface area (Å²) in [6.45, 7) is -2.70. The van der Waals surface area contributed by atoms with Crippen LogP contribution < -0.4 is 0 Å². The highest BCUT2D eigenvalue weighted by Crippen LogP contribution is 2.46. The van der Waals surface area contributed by atoms with Crippen LogP contribution in [-0.2, 0) is 61.7 Å². The third kappa shape index (κ3) is 16.5. The van der Waals surface area contributed by atoms with Crippen LogP contribution in [0.15, 0.2) is 24.3 Å². The molecule has 0 aromatic rings. The molecular formula is C57H90O33. The number of aliphatic hydroxyl groups is 20. The molecule has 0 aromatic heterocycles. The second kappa shape index (κ2) is 31.4. The second-order valence-corrected chi connectivity index (χ2v) is 25.4. The molecule has 0 spiro atoms. The van der Waals surface area contributed by atoms with E-state index >= 15 is 0 Å². The van der Waals surface area contributed by atoms with Crippen LogP contribution in [-0.4, -0.2) is 337 Å². The molecule has 5 saturated heterocycles. The predicted molar refractivity (Wildman–Crippen MR) is 290 cm³/mol. The van der Waals surface area contributed by atoms with Crippen molar-refractivity contribution in [1.82, 2.24) is 0 Å². The lowest BCUT2D eigenvalue weighted by Crippen LogP contribution is -2.63. The fourth-order valence-electron chi connectivity index (χ4n) is 13.8. The molecule has 9 fully saturated rings. The van der Waals surface area contributed by atoms with Gasteiger partial charge in [0.1, 0.15) is 117 Å². The number of aliphatic hydroxyl groups excluding tert-OH is 20. The van der Waals surface area contributed by atoms with Gasteiger partial charge in [-0.2, -0.15) is 0 Å². The van der Waals surface area contributed by atoms with Gasteiger partial charge in [-0.15, -0.1) is 0 Å². The first-order valence-electron chi connectivity index (χ1n) is 30.8. The first-order chi connectivity index (χ1) is 42.7. The number of esters is 2. The van der Waals surface area contributed by atoms with E-state index < -0.39 is 252 Å². The Hall–Kier alpha value is -2.74. The van der Waals surface area contributed by atoms with Crippen LogP contribution in [0.2, 0.25) is 0 Å². The molecule has 0 bridgehead atoms. The summed E-state index contributed by atoms with van der Waals surface area (Å²) >= 11 is 0. The van der Waals surface area contributed by atoms with Crippen LogP contribution in [0.5, 0.6) is 0 Å². The Balaban J connectivity index is 0.741. The minimum Gasteiger partial charge on any atom is -0.460 e. The van der Waals surface area contributed by atoms with Crippen molar-refractivity contribution < 1.29 is 164 Å². The molecule has 5 heterocycles. The van der Waals surface area contributed by atoms with E-state index in [-0.39, 0.29) is 63.7 Å². The lowest BCUT2D eigenvalue weighted by atomic mass is 9.72. The molecule has 4 aliphatic carbocycles. The Bertz CT molecular complexity index is 2330. The molecule has 90 heavy (non-hydrogen) atoms. The third-order valence-electron chi connectivity index (χ3n) is 19.2. The molecule has 0 amide bonds. The van der Waals surface area contributed by atoms with E-state index in [2.05, 4.69) is 0 Å². The molecule has 4 saturated carbocycles. The van der Waals surface area contributed by atoms with E-state index in [1.165, 1.54) is 12.2 Å². The number of fused-ring (bicyclic) bond motifs is 1. The Morgan fingerprint density at radius 2 is 0.744 bits per heavy atom. The lowest BCUT2D eigenvalue weighted by Gasteiger charge is -2.52. The van der Waals surface area contributed by atoms with Gasteiger partial charge >= 0.3 is 11.9 Å². The number of hydrogen-bond acceptors (Lipinski definition) is 33. The summed E-state index contributed by atoms with van der Waals surface area (Å²) in [7, 11) is 0. The van der Waals surface area contributed by atoms with Crippen molar-refractivity contribution >= 4 is 11.9 Å². The van der Waals surface area contributed by atoms with Gasteiger partial charge in [-0.25, -0.2) is 9.59 Å². The monoisotopic (exact) mass is 1300 g/mol. The summed E-state index contributed by atoms with van der Waals surface area (Å²) in [6, 6.07) is 0. The fraction of sp³-hybridized carbons (Fsp3) is 0.895. The van der Waals surface area contributed by atoms with Crippen LogP contribution in [0.25, 0.3) is 0 Å². The summed E-state index contributed by atoms with van der Waals surface area (Å²) in [6.07, 6.45) is -40.5. The number of carbonyl (C=O) groups is 2. The number of carbonyl (C=O) groups excluding carboxylic acids is 2. The van der Waals surface area contributed by atoms with Crippen molar-refractivity contribution in [3.63, 3.8) is 0 Å². The Labute approximate surface area is 515 Å². The van der Waals surface area contributed by atoms with Gasteiger partial charge in [0.2, 0.25) is 0 Å². The maximum Gasteiger partial charge on any atom is 0.330 e. The van der Waals surface area contributed by atoms with Gasteiger partial charge in [-0.3, -0.25) is 0 Å². The van der Waals surface area contributed by atoms with Crippen molar-refractivity contribution in [1.29, 1.82) is 0 Å². The molecule has 14 unspecified atom stereocenters. The van der Waals surface area contributed by atoms with Gasteiger partial charge in [0.05, 0.1) is 80.4 Å². The van der Waals surface area contributed by atoms with Crippen molar-refractivity contribution in [2.75, 3.05) is 26.4 Å². The maximum absolute atomic E-state index is 13.1. The molecule has 0 aromatic carbocycles. The predicted octanol–water partition coefficient (Wildman–Crippen LogP) is -9.32. The molecule has 5 aliphatic heterocycles. The summed E-state index contributed by atoms with van der Waals surface area (Å²) in [4.78, 5) is 25.9. The second-order valence-electron chi connectivity index (χ2n) is 25.4. The number of allylic oxidation sites excluding steroid dienone is 2. The van der Waals surface area contributed by atoms with Crippen molar-refractivity contribution in [2.24, 2.45) is 23.7 Å². The first kappa shape index (κ1) is 71.6. The Morgan fingerprint density at radius 1 is 0.367 bits per heavy atom. The van der Waals surface area contributed by atoms with E-state index in [9.17, 15) is 112 Å². The molecule has 0 radical (unpaired) electrons. The molecular weight excluding hydrogens is 1210 g/mol. The summed E-state index contributed by atoms with van der Waals surface area (Å²) in [5, 5.41) is 212. The summed E-state index contributed by atoms with van der Waals surface area (Å²) in [5.41, 5.74) is 0. The highest BCUT2D eigenvalue weighted by atomic mass is 16.7. The van der Waals surface area contributed by atoms with E-state index in [0.717, 1.165) is 12.2 Å². The van der Waals surface area contributed by atoms with Gasteiger partial charge in [0.15, 0.2) is 25.2 Å². The van der Waals surface area contributed by atoms with Crippen LogP contribution >= 0.6 is 0 Å². The normalized spacial score (nSPS) is 50.5. The molecule has 34 atom stereocenters. The lowest BCUT2D eigenvalue weighted by molar-refractivity contribution is -0.345. The van der Waals surface area contributed by atoms with Crippen molar-refractivity contribution in [2.45, 2.75) is 267 Å². The van der Waals surface area contributed by atoms with Crippen LogP contribution in [0.4, 0.5) is 0 Å². The average Bonchev–Trinajstić information content (AvgIpc) is 0.817.